The maximum absolute atomic E-state index is 5.95. The van der Waals surface area contributed by atoms with Crippen LogP contribution in [0, 0.1) is 0 Å². The summed E-state index contributed by atoms with van der Waals surface area (Å²) < 4.78 is 5.95. The van der Waals surface area contributed by atoms with Crippen molar-refractivity contribution >= 4 is 0 Å². The molecule has 1 unspecified atom stereocenters. The zero-order valence-corrected chi connectivity index (χ0v) is 7.01. The minimum absolute atomic E-state index is 0.341. The Bertz CT molecular complexity index is 158. The Hall–Kier alpha value is -0.300. The van der Waals surface area contributed by atoms with Crippen molar-refractivity contribution in [3.05, 3.63) is 12.7 Å². The molecule has 1 heterocycles. The molecule has 11 heavy (non-hydrogen) atoms. The van der Waals surface area contributed by atoms with Gasteiger partial charge >= 0.3 is 0 Å². The highest BCUT2D eigenvalue weighted by Crippen LogP contribution is 2.46. The first-order valence-electron chi connectivity index (χ1n) is 4.63. The van der Waals surface area contributed by atoms with E-state index in [0.717, 1.165) is 6.42 Å². The van der Waals surface area contributed by atoms with Gasteiger partial charge in [0.2, 0.25) is 0 Å². The Balaban J connectivity index is 1.87. The molecule has 1 aliphatic carbocycles. The van der Waals surface area contributed by atoms with Gasteiger partial charge < -0.3 is 4.74 Å². The zero-order valence-electron chi connectivity index (χ0n) is 7.01. The Morgan fingerprint density at radius 2 is 2.27 bits per heavy atom. The molecule has 0 aromatic rings. The van der Waals surface area contributed by atoms with Gasteiger partial charge in [-0.3, -0.25) is 0 Å². The van der Waals surface area contributed by atoms with Gasteiger partial charge in [-0.2, -0.15) is 0 Å². The molecule has 0 aromatic heterocycles. The predicted octanol–water partition coefficient (Wildman–Crippen LogP) is 2.66. The molecule has 1 saturated heterocycles. The predicted molar refractivity (Wildman–Crippen MR) is 45.5 cm³/mol. The molecule has 2 rings (SSSR count). The van der Waals surface area contributed by atoms with E-state index in [1.807, 2.05) is 6.08 Å². The quantitative estimate of drug-likeness (QED) is 0.553. The van der Waals surface area contributed by atoms with Crippen molar-refractivity contribution in [1.29, 1.82) is 0 Å². The molecule has 0 radical (unpaired) electrons. The Labute approximate surface area is 68.4 Å². The maximum atomic E-state index is 5.95. The third-order valence-electron chi connectivity index (χ3n) is 3.03. The minimum Gasteiger partial charge on any atom is -0.371 e. The van der Waals surface area contributed by atoms with Crippen LogP contribution in [0.4, 0.5) is 0 Å². The molecule has 0 amide bonds. The van der Waals surface area contributed by atoms with Crippen LogP contribution < -0.4 is 0 Å². The molecule has 62 valence electrons. The van der Waals surface area contributed by atoms with Crippen LogP contribution in [0.15, 0.2) is 12.7 Å². The van der Waals surface area contributed by atoms with E-state index >= 15 is 0 Å². The van der Waals surface area contributed by atoms with Crippen molar-refractivity contribution in [2.45, 2.75) is 50.2 Å². The van der Waals surface area contributed by atoms with Gasteiger partial charge in [-0.25, -0.2) is 0 Å². The molecular formula is C10H16O. The van der Waals surface area contributed by atoms with Crippen LogP contribution in [0.25, 0.3) is 0 Å². The normalized spacial score (nSPS) is 33.6. The summed E-state index contributed by atoms with van der Waals surface area (Å²) in [7, 11) is 0. The second kappa shape index (κ2) is 2.63. The fraction of sp³-hybridized carbons (Fsp3) is 0.800. The van der Waals surface area contributed by atoms with Gasteiger partial charge in [-0.1, -0.05) is 6.08 Å². The molecule has 2 aliphatic rings. The Kier molecular flexibility index (Phi) is 1.76. The van der Waals surface area contributed by atoms with Crippen molar-refractivity contribution in [1.82, 2.24) is 0 Å². The lowest BCUT2D eigenvalue weighted by Crippen LogP contribution is -2.36. The third kappa shape index (κ3) is 1.22. The average Bonchev–Trinajstić information content (AvgIpc) is 2.32. The van der Waals surface area contributed by atoms with Gasteiger partial charge in [0, 0.05) is 0 Å². The average molecular weight is 152 g/mol. The summed E-state index contributed by atoms with van der Waals surface area (Å²) in [6.45, 7) is 3.74. The summed E-state index contributed by atoms with van der Waals surface area (Å²) >= 11 is 0. The maximum Gasteiger partial charge on any atom is 0.0687 e. The zero-order chi connectivity index (χ0) is 7.73. The topological polar surface area (TPSA) is 9.23 Å². The number of hydrogen-bond acceptors (Lipinski definition) is 1. The smallest absolute Gasteiger partial charge is 0.0687 e. The molecule has 1 saturated carbocycles. The number of rotatable bonds is 2. The highest BCUT2D eigenvalue weighted by atomic mass is 16.5. The molecule has 2 fully saturated rings. The van der Waals surface area contributed by atoms with E-state index in [1.165, 1.54) is 32.1 Å². The van der Waals surface area contributed by atoms with Gasteiger partial charge in [-0.05, 0) is 38.5 Å². The molecule has 1 aliphatic heterocycles. The molecule has 1 spiro atoms. The van der Waals surface area contributed by atoms with Crippen LogP contribution in [0.3, 0.4) is 0 Å². The largest absolute Gasteiger partial charge is 0.371 e. The van der Waals surface area contributed by atoms with Crippen LogP contribution in [-0.2, 0) is 4.74 Å². The van der Waals surface area contributed by atoms with Crippen LogP contribution in [0.5, 0.6) is 0 Å². The summed E-state index contributed by atoms with van der Waals surface area (Å²) in [5, 5.41) is 0. The highest BCUT2D eigenvalue weighted by Gasteiger charge is 2.44. The van der Waals surface area contributed by atoms with E-state index in [2.05, 4.69) is 6.58 Å². The molecule has 1 heteroatoms. The monoisotopic (exact) mass is 152 g/mol. The molecule has 0 bridgehead atoms. The molecule has 0 aromatic carbocycles. The summed E-state index contributed by atoms with van der Waals surface area (Å²) in [6, 6.07) is 0. The van der Waals surface area contributed by atoms with Crippen LogP contribution >= 0.6 is 0 Å². The van der Waals surface area contributed by atoms with Crippen molar-refractivity contribution in [3.63, 3.8) is 0 Å². The van der Waals surface area contributed by atoms with Crippen molar-refractivity contribution in [2.24, 2.45) is 0 Å². The lowest BCUT2D eigenvalue weighted by atomic mass is 9.78. The summed E-state index contributed by atoms with van der Waals surface area (Å²) in [6.07, 6.45) is 10.1. The Morgan fingerprint density at radius 3 is 2.73 bits per heavy atom. The van der Waals surface area contributed by atoms with E-state index < -0.39 is 0 Å². The van der Waals surface area contributed by atoms with Gasteiger partial charge in [0.15, 0.2) is 0 Å². The summed E-state index contributed by atoms with van der Waals surface area (Å²) in [5.41, 5.74) is 0.341. The van der Waals surface area contributed by atoms with Gasteiger partial charge in [0.05, 0.1) is 11.7 Å². The SMILES string of the molecule is C=CCC1CCC2(CCC2)O1. The number of hydrogen-bond donors (Lipinski definition) is 0. The molecule has 0 N–H and O–H groups in total. The van der Waals surface area contributed by atoms with Crippen molar-refractivity contribution in [3.8, 4) is 0 Å². The molecular weight excluding hydrogens is 136 g/mol. The van der Waals surface area contributed by atoms with E-state index in [0.29, 0.717) is 11.7 Å². The first-order valence-corrected chi connectivity index (χ1v) is 4.63. The van der Waals surface area contributed by atoms with E-state index in [4.69, 9.17) is 4.74 Å². The number of ether oxygens (including phenoxy) is 1. The summed E-state index contributed by atoms with van der Waals surface area (Å²) in [4.78, 5) is 0. The van der Waals surface area contributed by atoms with E-state index in [9.17, 15) is 0 Å². The second-order valence-electron chi connectivity index (χ2n) is 3.84. The first-order chi connectivity index (χ1) is 5.35. The van der Waals surface area contributed by atoms with Gasteiger partial charge in [-0.15, -0.1) is 6.58 Å². The van der Waals surface area contributed by atoms with Gasteiger partial charge in [0.25, 0.3) is 0 Å². The van der Waals surface area contributed by atoms with E-state index in [1.54, 1.807) is 0 Å². The van der Waals surface area contributed by atoms with Crippen LogP contribution in [-0.4, -0.2) is 11.7 Å². The minimum atomic E-state index is 0.341. The molecule has 1 atom stereocenters. The fourth-order valence-corrected chi connectivity index (χ4v) is 2.19. The summed E-state index contributed by atoms with van der Waals surface area (Å²) in [5.74, 6) is 0. The Morgan fingerprint density at radius 1 is 1.45 bits per heavy atom. The third-order valence-corrected chi connectivity index (χ3v) is 3.03. The molecule has 1 nitrogen and oxygen atoms in total. The van der Waals surface area contributed by atoms with Crippen LogP contribution in [0.2, 0.25) is 0 Å². The lowest BCUT2D eigenvalue weighted by Gasteiger charge is -2.37. The van der Waals surface area contributed by atoms with Crippen molar-refractivity contribution < 1.29 is 4.74 Å². The first kappa shape index (κ1) is 7.35. The van der Waals surface area contributed by atoms with Gasteiger partial charge in [0.1, 0.15) is 0 Å². The fourth-order valence-electron chi connectivity index (χ4n) is 2.19. The highest BCUT2D eigenvalue weighted by molar-refractivity contribution is 4.96. The van der Waals surface area contributed by atoms with Crippen LogP contribution in [0.1, 0.15) is 38.5 Å². The van der Waals surface area contributed by atoms with E-state index in [-0.39, 0.29) is 0 Å². The second-order valence-corrected chi connectivity index (χ2v) is 3.84. The lowest BCUT2D eigenvalue weighted by molar-refractivity contribution is -0.0895. The van der Waals surface area contributed by atoms with Crippen molar-refractivity contribution in [2.75, 3.05) is 0 Å². The standard InChI is InChI=1S/C10H16O/c1-2-4-9-5-8-10(11-9)6-3-7-10/h2,9H,1,3-8H2.